The van der Waals surface area contributed by atoms with E-state index in [2.05, 4.69) is 15.4 Å². The number of hydrogen-bond acceptors (Lipinski definition) is 3. The normalized spacial score (nSPS) is 10.9. The van der Waals surface area contributed by atoms with E-state index in [9.17, 15) is 14.0 Å². The van der Waals surface area contributed by atoms with Crippen LogP contribution in [0.5, 0.6) is 0 Å². The highest BCUT2D eigenvalue weighted by atomic mass is 19.1. The lowest BCUT2D eigenvalue weighted by Gasteiger charge is -2.13. The quantitative estimate of drug-likeness (QED) is 0.743. The van der Waals surface area contributed by atoms with Crippen molar-refractivity contribution in [2.75, 3.05) is 0 Å². The molecule has 0 saturated heterocycles. The van der Waals surface area contributed by atoms with Gasteiger partial charge in [0.2, 0.25) is 0 Å². The van der Waals surface area contributed by atoms with Gasteiger partial charge in [0.1, 0.15) is 5.69 Å². The Hall–Kier alpha value is -3.22. The van der Waals surface area contributed by atoms with Crippen molar-refractivity contribution in [2.24, 2.45) is 7.05 Å². The lowest BCUT2D eigenvalue weighted by Crippen LogP contribution is -2.28. The number of carbonyl (C=O) groups excluding carboxylic acids is 1. The summed E-state index contributed by atoms with van der Waals surface area (Å²) in [6.45, 7) is 5.52. The minimum atomic E-state index is -0.444. The highest BCUT2D eigenvalue weighted by Crippen LogP contribution is 2.27. The minimum absolute atomic E-state index is 0.115. The second-order valence-corrected chi connectivity index (χ2v) is 6.57. The number of amides is 1. The molecule has 1 amide bonds. The summed E-state index contributed by atoms with van der Waals surface area (Å²) in [4.78, 5) is 27.5. The molecular weight excluding hydrogens is 347 g/mol. The first-order valence-electron chi connectivity index (χ1n) is 8.54. The van der Waals surface area contributed by atoms with Gasteiger partial charge in [-0.3, -0.25) is 14.3 Å². The van der Waals surface area contributed by atoms with Gasteiger partial charge in [-0.15, -0.1) is 0 Å². The third-order valence-electron chi connectivity index (χ3n) is 4.65. The van der Waals surface area contributed by atoms with E-state index in [1.807, 2.05) is 19.9 Å². The highest BCUT2D eigenvalue weighted by Gasteiger charge is 2.18. The molecule has 7 heteroatoms. The maximum Gasteiger partial charge on any atom is 0.253 e. The van der Waals surface area contributed by atoms with E-state index in [1.54, 1.807) is 32.2 Å². The van der Waals surface area contributed by atoms with Gasteiger partial charge in [-0.1, -0.05) is 12.1 Å². The Morgan fingerprint density at radius 1 is 1.30 bits per heavy atom. The summed E-state index contributed by atoms with van der Waals surface area (Å²) in [5.74, 6) is -0.767. The molecule has 0 fully saturated rings. The summed E-state index contributed by atoms with van der Waals surface area (Å²) in [6, 6.07) is 6.99. The fourth-order valence-corrected chi connectivity index (χ4v) is 3.22. The van der Waals surface area contributed by atoms with Crippen LogP contribution in [0.4, 0.5) is 4.39 Å². The van der Waals surface area contributed by atoms with Gasteiger partial charge >= 0.3 is 0 Å². The Labute approximate surface area is 156 Å². The largest absolute Gasteiger partial charge is 0.348 e. The van der Waals surface area contributed by atoms with Crippen LogP contribution in [0.2, 0.25) is 0 Å². The van der Waals surface area contributed by atoms with E-state index in [0.29, 0.717) is 27.9 Å². The van der Waals surface area contributed by atoms with Crippen LogP contribution in [0.3, 0.4) is 0 Å². The average Bonchev–Trinajstić information content (AvgIpc) is 2.92. The lowest BCUT2D eigenvalue weighted by molar-refractivity contribution is 0.0950. The number of pyridine rings is 1. The third kappa shape index (κ3) is 3.53. The number of H-pyrrole nitrogens is 1. The van der Waals surface area contributed by atoms with Crippen molar-refractivity contribution in [1.29, 1.82) is 0 Å². The molecule has 0 bridgehead atoms. The second kappa shape index (κ2) is 7.19. The maximum absolute atomic E-state index is 14.1. The van der Waals surface area contributed by atoms with Crippen LogP contribution in [-0.2, 0) is 13.6 Å². The zero-order valence-corrected chi connectivity index (χ0v) is 15.7. The van der Waals surface area contributed by atoms with Crippen molar-refractivity contribution in [3.05, 3.63) is 74.6 Å². The first-order chi connectivity index (χ1) is 12.8. The van der Waals surface area contributed by atoms with E-state index < -0.39 is 5.82 Å². The number of nitrogens with zero attached hydrogens (tertiary/aromatic N) is 2. The minimum Gasteiger partial charge on any atom is -0.348 e. The van der Waals surface area contributed by atoms with Crippen LogP contribution < -0.4 is 10.9 Å². The molecule has 0 aliphatic heterocycles. The molecule has 0 spiro atoms. The molecule has 1 aromatic carbocycles. The van der Waals surface area contributed by atoms with Crippen molar-refractivity contribution >= 4 is 5.91 Å². The van der Waals surface area contributed by atoms with Crippen LogP contribution in [-0.4, -0.2) is 20.7 Å². The standard InChI is InChI=1S/C20H21FN4O2/c1-11-8-12(2)24-20(27)16(11)9-22-19(26)15-7-5-6-14(13(15)3)18-17(21)10-23-25(18)4/h5-8,10H,9H2,1-4H3,(H,22,26)(H,24,27). The van der Waals surface area contributed by atoms with Gasteiger partial charge in [0.15, 0.2) is 5.82 Å². The van der Waals surface area contributed by atoms with Gasteiger partial charge < -0.3 is 10.3 Å². The van der Waals surface area contributed by atoms with Crippen LogP contribution in [0, 0.1) is 26.6 Å². The number of carbonyl (C=O) groups is 1. The third-order valence-corrected chi connectivity index (χ3v) is 4.65. The van der Waals surface area contributed by atoms with Crippen LogP contribution in [0.1, 0.15) is 32.7 Å². The fourth-order valence-electron chi connectivity index (χ4n) is 3.22. The van der Waals surface area contributed by atoms with E-state index in [4.69, 9.17) is 0 Å². The molecule has 140 valence electrons. The number of rotatable bonds is 4. The fraction of sp³-hybridized carbons (Fsp3) is 0.250. The number of aromatic amines is 1. The van der Waals surface area contributed by atoms with E-state index >= 15 is 0 Å². The van der Waals surface area contributed by atoms with E-state index in [0.717, 1.165) is 17.5 Å². The molecule has 0 aliphatic rings. The first-order valence-corrected chi connectivity index (χ1v) is 8.54. The van der Waals surface area contributed by atoms with Gasteiger partial charge in [0.05, 0.1) is 6.20 Å². The molecule has 0 atom stereocenters. The molecule has 2 heterocycles. The van der Waals surface area contributed by atoms with Crippen molar-refractivity contribution < 1.29 is 9.18 Å². The van der Waals surface area contributed by atoms with Crippen molar-refractivity contribution in [3.63, 3.8) is 0 Å². The van der Waals surface area contributed by atoms with Gasteiger partial charge in [0.25, 0.3) is 11.5 Å². The summed E-state index contributed by atoms with van der Waals surface area (Å²) in [5.41, 5.74) is 3.89. The van der Waals surface area contributed by atoms with Gasteiger partial charge in [-0.25, -0.2) is 4.39 Å². The molecule has 0 saturated carbocycles. The molecule has 0 aliphatic carbocycles. The van der Waals surface area contributed by atoms with Crippen molar-refractivity contribution in [3.8, 4) is 11.3 Å². The number of aromatic nitrogens is 3. The Balaban J connectivity index is 1.89. The van der Waals surface area contributed by atoms with Gasteiger partial charge in [0, 0.05) is 36.0 Å². The Bertz CT molecular complexity index is 1060. The predicted octanol–water partition coefficient (Wildman–Crippen LogP) is 2.77. The zero-order valence-electron chi connectivity index (χ0n) is 15.7. The summed E-state index contributed by atoms with van der Waals surface area (Å²) in [6.07, 6.45) is 1.15. The SMILES string of the molecule is Cc1cc(C)c(CNC(=O)c2cccc(-c3c(F)cnn3C)c2C)c(=O)[nH]1. The van der Waals surface area contributed by atoms with Crippen LogP contribution in [0.15, 0.2) is 35.3 Å². The molecule has 0 radical (unpaired) electrons. The first kappa shape index (κ1) is 18.6. The van der Waals surface area contributed by atoms with Crippen molar-refractivity contribution in [2.45, 2.75) is 27.3 Å². The Morgan fingerprint density at radius 3 is 2.67 bits per heavy atom. The molecule has 6 nitrogen and oxygen atoms in total. The average molecular weight is 368 g/mol. The summed E-state index contributed by atoms with van der Waals surface area (Å²) >= 11 is 0. The highest BCUT2D eigenvalue weighted by molar-refractivity contribution is 5.97. The monoisotopic (exact) mass is 368 g/mol. The Morgan fingerprint density at radius 2 is 2.04 bits per heavy atom. The molecule has 27 heavy (non-hydrogen) atoms. The smallest absolute Gasteiger partial charge is 0.253 e. The van der Waals surface area contributed by atoms with E-state index in [1.165, 1.54) is 4.68 Å². The molecular formula is C20H21FN4O2. The predicted molar refractivity (Wildman–Crippen MR) is 101 cm³/mol. The summed E-state index contributed by atoms with van der Waals surface area (Å²) in [5, 5.41) is 6.70. The number of benzene rings is 1. The van der Waals surface area contributed by atoms with Gasteiger partial charge in [-0.05, 0) is 44.0 Å². The molecule has 2 N–H and O–H groups in total. The molecule has 3 aromatic rings. The van der Waals surface area contributed by atoms with E-state index in [-0.39, 0.29) is 18.0 Å². The second-order valence-electron chi connectivity index (χ2n) is 6.57. The van der Waals surface area contributed by atoms with Crippen LogP contribution >= 0.6 is 0 Å². The molecule has 0 unspecified atom stereocenters. The lowest BCUT2D eigenvalue weighted by atomic mass is 9.99. The van der Waals surface area contributed by atoms with Crippen LogP contribution in [0.25, 0.3) is 11.3 Å². The van der Waals surface area contributed by atoms with Crippen molar-refractivity contribution in [1.82, 2.24) is 20.1 Å². The zero-order chi connectivity index (χ0) is 19.7. The summed E-state index contributed by atoms with van der Waals surface area (Å²) in [7, 11) is 1.65. The summed E-state index contributed by atoms with van der Waals surface area (Å²) < 4.78 is 15.5. The number of aryl methyl sites for hydroxylation is 3. The maximum atomic E-state index is 14.1. The number of nitrogens with one attached hydrogen (secondary N) is 2. The number of halogens is 1. The molecule has 3 rings (SSSR count). The topological polar surface area (TPSA) is 79.8 Å². The van der Waals surface area contributed by atoms with Gasteiger partial charge in [-0.2, -0.15) is 5.10 Å². The number of hydrogen-bond donors (Lipinski definition) is 2. The molecule has 2 aromatic heterocycles. The Kier molecular flexibility index (Phi) is 4.94.